The molecule has 8 N–H and O–H groups in total. The van der Waals surface area contributed by atoms with Crippen LogP contribution < -0.4 is 16.0 Å². The second kappa shape index (κ2) is 19.0. The number of fused-ring (bicyclic) bond motifs is 1. The fourth-order valence-corrected chi connectivity index (χ4v) is 7.85. The zero-order valence-corrected chi connectivity index (χ0v) is 31.3. The number of rotatable bonds is 18. The molecular formula is C36H60N3O14+. The van der Waals surface area contributed by atoms with Crippen LogP contribution in [0, 0.1) is 18.4 Å². The van der Waals surface area contributed by atoms with Gasteiger partial charge in [-0.25, -0.2) is 0 Å². The van der Waals surface area contributed by atoms with E-state index in [2.05, 4.69) is 16.0 Å². The third-order valence-electron chi connectivity index (χ3n) is 10.7. The monoisotopic (exact) mass is 758 g/mol. The lowest BCUT2D eigenvalue weighted by Crippen LogP contribution is -2.70. The van der Waals surface area contributed by atoms with Crippen LogP contribution in [0.15, 0.2) is 6.08 Å². The van der Waals surface area contributed by atoms with Crippen molar-refractivity contribution in [1.29, 1.82) is 0 Å². The van der Waals surface area contributed by atoms with Gasteiger partial charge in [0.05, 0.1) is 62.9 Å². The molecular weight excluding hydrogens is 698 g/mol. The number of aliphatic hydroxyl groups excluding tert-OH is 5. The normalized spacial score (nSPS) is 39.5. The molecule has 17 heteroatoms. The molecule has 15 unspecified atom stereocenters. The summed E-state index contributed by atoms with van der Waals surface area (Å²) >= 11 is 0. The number of amides is 3. The van der Waals surface area contributed by atoms with Crippen LogP contribution in [-0.2, 0) is 42.8 Å². The maximum atomic E-state index is 12.9. The van der Waals surface area contributed by atoms with Gasteiger partial charge in [0.15, 0.2) is 23.9 Å². The first-order valence-corrected chi connectivity index (χ1v) is 18.7. The van der Waals surface area contributed by atoms with E-state index in [0.29, 0.717) is 38.7 Å². The molecule has 3 heterocycles. The Kier molecular flexibility index (Phi) is 15.5. The van der Waals surface area contributed by atoms with Crippen LogP contribution >= 0.6 is 0 Å². The van der Waals surface area contributed by atoms with Gasteiger partial charge in [-0.05, 0) is 33.1 Å². The van der Waals surface area contributed by atoms with Crippen LogP contribution in [0.25, 0.3) is 0 Å². The van der Waals surface area contributed by atoms with Crippen molar-refractivity contribution in [3.8, 4) is 0 Å². The number of hydrogen-bond donors (Lipinski definition) is 8. The fourth-order valence-electron chi connectivity index (χ4n) is 7.85. The molecule has 4 rings (SSSR count). The molecule has 0 aromatic carbocycles. The number of hydrogen-bond acceptors (Lipinski definition) is 14. The average Bonchev–Trinajstić information content (AvgIpc) is 3.08. The van der Waals surface area contributed by atoms with Gasteiger partial charge >= 0.3 is 0 Å². The highest BCUT2D eigenvalue weighted by molar-refractivity contribution is 5.84. The molecule has 53 heavy (non-hydrogen) atoms. The summed E-state index contributed by atoms with van der Waals surface area (Å²) in [4.78, 5) is 37.6. The average molecular weight is 759 g/mol. The summed E-state index contributed by atoms with van der Waals surface area (Å²) < 4.78 is 37.0. The van der Waals surface area contributed by atoms with E-state index in [1.807, 2.05) is 20.8 Å². The molecule has 3 saturated heterocycles. The highest BCUT2D eigenvalue weighted by atomic mass is 16.7. The lowest BCUT2D eigenvalue weighted by Gasteiger charge is -2.56. The lowest BCUT2D eigenvalue weighted by atomic mass is 9.73. The Bertz CT molecular complexity index is 1250. The molecule has 1 aliphatic carbocycles. The summed E-state index contributed by atoms with van der Waals surface area (Å²) in [7, 11) is 0. The predicted molar refractivity (Wildman–Crippen MR) is 185 cm³/mol. The first-order valence-electron chi connectivity index (χ1n) is 18.7. The van der Waals surface area contributed by atoms with Crippen molar-refractivity contribution in [2.24, 2.45) is 11.8 Å². The molecule has 0 bridgehead atoms. The van der Waals surface area contributed by atoms with Crippen LogP contribution in [0.1, 0.15) is 79.6 Å². The number of nitrogens with one attached hydrogen (secondary N) is 3. The van der Waals surface area contributed by atoms with E-state index in [4.69, 9.17) is 35.0 Å². The highest BCUT2D eigenvalue weighted by Gasteiger charge is 2.58. The van der Waals surface area contributed by atoms with E-state index in [0.717, 1.165) is 0 Å². The summed E-state index contributed by atoms with van der Waals surface area (Å²) in [5, 5.41) is 62.3. The van der Waals surface area contributed by atoms with Crippen molar-refractivity contribution in [1.82, 2.24) is 16.0 Å². The highest BCUT2D eigenvalue weighted by Crippen LogP contribution is 2.47. The van der Waals surface area contributed by atoms with Crippen molar-refractivity contribution < 1.29 is 68.3 Å². The molecule has 1 saturated carbocycles. The summed E-state index contributed by atoms with van der Waals surface area (Å²) in [5.74, 6) is -3.77. The quantitative estimate of drug-likeness (QED) is 0.0471. The van der Waals surface area contributed by atoms with Gasteiger partial charge in [0.25, 0.3) is 0 Å². The Labute approximate surface area is 311 Å². The molecule has 4 aliphatic rings. The Hall–Kier alpha value is -2.38. The summed E-state index contributed by atoms with van der Waals surface area (Å²) in [5.41, 5.74) is -1.23. The second-order valence-corrected chi connectivity index (χ2v) is 14.9. The zero-order valence-electron chi connectivity index (χ0n) is 31.3. The molecule has 3 amide bonds. The van der Waals surface area contributed by atoms with Crippen molar-refractivity contribution in [2.45, 2.75) is 158 Å². The van der Waals surface area contributed by atoms with Crippen LogP contribution in [0.5, 0.6) is 0 Å². The fraction of sp³-hybridized carbons (Fsp3) is 0.861. The van der Waals surface area contributed by atoms with Crippen molar-refractivity contribution in [2.75, 3.05) is 26.4 Å². The SMILES string of the molecule is [CH+]=CCCOCCC(=O)NCC(=O)NC1C(O)CC(C)(OC2C(O)C(OC3(NC(C)=O)CC(C)OC(CC)C3C)OC3CCC32)OC1C(O)C(O)CO. The Balaban J connectivity index is 1.48. The van der Waals surface area contributed by atoms with Crippen LogP contribution in [0.3, 0.4) is 0 Å². The van der Waals surface area contributed by atoms with E-state index < -0.39 is 85.4 Å². The molecule has 3 aliphatic heterocycles. The largest absolute Gasteiger partial charge is 0.394 e. The van der Waals surface area contributed by atoms with Crippen molar-refractivity contribution in [3.05, 3.63) is 12.7 Å². The molecule has 17 nitrogen and oxygen atoms in total. The maximum absolute atomic E-state index is 12.9. The third kappa shape index (κ3) is 10.7. The van der Waals surface area contributed by atoms with E-state index in [1.54, 1.807) is 0 Å². The Morgan fingerprint density at radius 3 is 2.42 bits per heavy atom. The smallest absolute Gasteiger partial charge is 0.239 e. The van der Waals surface area contributed by atoms with E-state index >= 15 is 0 Å². The summed E-state index contributed by atoms with van der Waals surface area (Å²) in [6, 6.07) is -1.30. The minimum absolute atomic E-state index is 0.00139. The number of ether oxygens (including phenoxy) is 6. The first-order chi connectivity index (χ1) is 25.1. The standard InChI is InChI=1S/C36H59N3O14/c1-7-9-13-48-14-12-27(44)37-17-28(45)38-29-23(42)16-35(6,52-33(29)30(46)24(43)18-40)51-32-22-10-11-26(22)50-34(31(32)47)53-36(39-21(5)41)15-19(3)49-25(8-2)20(36)4/h1,7,19-20,22-26,29-34,40,42-43,46-47H,8-18H2,2-6H3,(H2-,37,38,39,41,44,45)/p+1. The minimum Gasteiger partial charge on any atom is -0.394 e. The molecule has 0 aromatic rings. The number of carbonyl (C=O) groups is 3. The van der Waals surface area contributed by atoms with E-state index in [9.17, 15) is 39.9 Å². The lowest BCUT2D eigenvalue weighted by molar-refractivity contribution is -0.392. The first kappa shape index (κ1) is 43.3. The van der Waals surface area contributed by atoms with Crippen LogP contribution in [0.2, 0.25) is 0 Å². The van der Waals surface area contributed by atoms with E-state index in [1.165, 1.54) is 19.9 Å². The second-order valence-electron chi connectivity index (χ2n) is 14.9. The van der Waals surface area contributed by atoms with Gasteiger partial charge in [-0.1, -0.05) is 13.8 Å². The number of carbonyl (C=O) groups excluding carboxylic acids is 3. The van der Waals surface area contributed by atoms with Gasteiger partial charge in [0.1, 0.15) is 24.4 Å². The third-order valence-corrected chi connectivity index (χ3v) is 10.7. The van der Waals surface area contributed by atoms with E-state index in [-0.39, 0.29) is 55.5 Å². The molecule has 15 atom stereocenters. The van der Waals surface area contributed by atoms with Crippen LogP contribution in [-0.4, -0.2) is 148 Å². The minimum atomic E-state index is -1.80. The summed E-state index contributed by atoms with van der Waals surface area (Å²) in [6.07, 6.45) is -6.86. The van der Waals surface area contributed by atoms with Gasteiger partial charge in [0.2, 0.25) is 24.3 Å². The van der Waals surface area contributed by atoms with Crippen molar-refractivity contribution >= 4 is 17.7 Å². The maximum Gasteiger partial charge on any atom is 0.239 e. The zero-order chi connectivity index (χ0) is 39.1. The Morgan fingerprint density at radius 1 is 1.06 bits per heavy atom. The Morgan fingerprint density at radius 2 is 1.79 bits per heavy atom. The van der Waals surface area contributed by atoms with Crippen LogP contribution in [0.4, 0.5) is 0 Å². The van der Waals surface area contributed by atoms with Gasteiger partial charge < -0.3 is 69.9 Å². The van der Waals surface area contributed by atoms with Gasteiger partial charge in [-0.15, -0.1) is 0 Å². The number of aliphatic hydroxyl groups is 5. The molecule has 0 spiro atoms. The predicted octanol–water partition coefficient (Wildman–Crippen LogP) is -1.09. The molecule has 0 radical (unpaired) electrons. The topological polar surface area (TPSA) is 244 Å². The summed E-state index contributed by atoms with van der Waals surface area (Å²) in [6.45, 7) is 13.1. The molecule has 302 valence electrons. The van der Waals surface area contributed by atoms with Gasteiger partial charge in [-0.2, -0.15) is 0 Å². The van der Waals surface area contributed by atoms with Crippen molar-refractivity contribution in [3.63, 3.8) is 0 Å². The van der Waals surface area contributed by atoms with Gasteiger partial charge in [0, 0.05) is 44.4 Å². The molecule has 0 aromatic heterocycles. The van der Waals surface area contributed by atoms with Gasteiger partial charge in [-0.3, -0.25) is 14.4 Å². The molecule has 4 fully saturated rings.